The SMILES string of the molecule is COC(=O)C1COCCN1c1ncnc2ccsc12. The van der Waals surface area contributed by atoms with E-state index in [0.29, 0.717) is 19.8 Å². The topological polar surface area (TPSA) is 64.6 Å². The first kappa shape index (κ1) is 12.3. The summed E-state index contributed by atoms with van der Waals surface area (Å²) in [5.74, 6) is 0.474. The molecule has 3 heterocycles. The van der Waals surface area contributed by atoms with Crippen LogP contribution in [0.2, 0.25) is 0 Å². The molecule has 0 N–H and O–H groups in total. The highest BCUT2D eigenvalue weighted by atomic mass is 32.1. The van der Waals surface area contributed by atoms with Crippen LogP contribution in [0.5, 0.6) is 0 Å². The molecule has 0 spiro atoms. The number of aromatic nitrogens is 2. The fourth-order valence-electron chi connectivity index (χ4n) is 2.17. The summed E-state index contributed by atoms with van der Waals surface area (Å²) in [6.07, 6.45) is 1.52. The number of morpholine rings is 1. The third kappa shape index (κ3) is 2.15. The van der Waals surface area contributed by atoms with Crippen LogP contribution in [0.25, 0.3) is 10.2 Å². The number of hydrogen-bond acceptors (Lipinski definition) is 7. The Kier molecular flexibility index (Phi) is 3.31. The normalized spacial score (nSPS) is 19.6. The van der Waals surface area contributed by atoms with Gasteiger partial charge in [-0.2, -0.15) is 0 Å². The minimum absolute atomic E-state index is 0.303. The van der Waals surface area contributed by atoms with Gasteiger partial charge in [0.1, 0.15) is 6.33 Å². The summed E-state index contributed by atoms with van der Waals surface area (Å²) >= 11 is 1.57. The van der Waals surface area contributed by atoms with Gasteiger partial charge in [-0.05, 0) is 11.4 Å². The molecule has 0 aromatic carbocycles. The number of ether oxygens (including phenoxy) is 2. The van der Waals surface area contributed by atoms with Gasteiger partial charge in [0, 0.05) is 6.54 Å². The van der Waals surface area contributed by atoms with Crippen molar-refractivity contribution < 1.29 is 14.3 Å². The third-order valence-electron chi connectivity index (χ3n) is 3.10. The van der Waals surface area contributed by atoms with E-state index in [1.807, 2.05) is 16.3 Å². The summed E-state index contributed by atoms with van der Waals surface area (Å²) in [7, 11) is 1.38. The zero-order valence-corrected chi connectivity index (χ0v) is 11.2. The van der Waals surface area contributed by atoms with Crippen LogP contribution in [-0.4, -0.2) is 48.8 Å². The molecule has 7 heteroatoms. The van der Waals surface area contributed by atoms with E-state index in [2.05, 4.69) is 9.97 Å². The molecular weight excluding hydrogens is 266 g/mol. The van der Waals surface area contributed by atoms with Crippen LogP contribution in [-0.2, 0) is 14.3 Å². The molecule has 19 heavy (non-hydrogen) atoms. The predicted molar refractivity (Wildman–Crippen MR) is 71.4 cm³/mol. The first-order chi connectivity index (χ1) is 9.31. The number of rotatable bonds is 2. The van der Waals surface area contributed by atoms with Gasteiger partial charge in [-0.1, -0.05) is 0 Å². The minimum Gasteiger partial charge on any atom is -0.467 e. The number of carbonyl (C=O) groups is 1. The highest BCUT2D eigenvalue weighted by Crippen LogP contribution is 2.30. The van der Waals surface area contributed by atoms with Gasteiger partial charge in [-0.3, -0.25) is 0 Å². The smallest absolute Gasteiger partial charge is 0.330 e. The first-order valence-electron chi connectivity index (χ1n) is 5.91. The van der Waals surface area contributed by atoms with E-state index in [1.165, 1.54) is 13.4 Å². The highest BCUT2D eigenvalue weighted by Gasteiger charge is 2.32. The molecule has 100 valence electrons. The molecular formula is C12H13N3O3S. The van der Waals surface area contributed by atoms with Crippen molar-refractivity contribution in [1.29, 1.82) is 0 Å². The van der Waals surface area contributed by atoms with Gasteiger partial charge in [0.2, 0.25) is 0 Å². The monoisotopic (exact) mass is 279 g/mol. The molecule has 0 saturated carbocycles. The second-order valence-electron chi connectivity index (χ2n) is 4.14. The van der Waals surface area contributed by atoms with Crippen molar-refractivity contribution in [2.24, 2.45) is 0 Å². The molecule has 1 saturated heterocycles. The summed E-state index contributed by atoms with van der Waals surface area (Å²) in [6.45, 7) is 1.51. The number of esters is 1. The number of anilines is 1. The van der Waals surface area contributed by atoms with Crippen molar-refractivity contribution in [2.45, 2.75) is 6.04 Å². The van der Waals surface area contributed by atoms with Crippen molar-refractivity contribution in [3.05, 3.63) is 17.8 Å². The van der Waals surface area contributed by atoms with Crippen LogP contribution in [0, 0.1) is 0 Å². The summed E-state index contributed by atoms with van der Waals surface area (Å²) in [5.41, 5.74) is 0.894. The zero-order chi connectivity index (χ0) is 13.2. The summed E-state index contributed by atoms with van der Waals surface area (Å²) in [4.78, 5) is 22.3. The molecule has 0 bridgehead atoms. The quantitative estimate of drug-likeness (QED) is 0.766. The van der Waals surface area contributed by atoms with Crippen LogP contribution < -0.4 is 4.90 Å². The van der Waals surface area contributed by atoms with Crippen LogP contribution in [0.1, 0.15) is 0 Å². The average Bonchev–Trinajstić information content (AvgIpc) is 2.94. The zero-order valence-electron chi connectivity index (χ0n) is 10.4. The lowest BCUT2D eigenvalue weighted by molar-refractivity contribution is -0.144. The highest BCUT2D eigenvalue weighted by molar-refractivity contribution is 7.17. The number of thiophene rings is 1. The predicted octanol–water partition coefficient (Wildman–Crippen LogP) is 1.07. The second kappa shape index (κ2) is 5.10. The molecule has 1 unspecified atom stereocenters. The summed E-state index contributed by atoms with van der Waals surface area (Å²) < 4.78 is 11.2. The van der Waals surface area contributed by atoms with Gasteiger partial charge in [-0.25, -0.2) is 14.8 Å². The van der Waals surface area contributed by atoms with E-state index in [-0.39, 0.29) is 5.97 Å². The molecule has 6 nitrogen and oxygen atoms in total. The lowest BCUT2D eigenvalue weighted by Gasteiger charge is -2.34. The van der Waals surface area contributed by atoms with Crippen molar-refractivity contribution in [2.75, 3.05) is 31.8 Å². The maximum Gasteiger partial charge on any atom is 0.330 e. The van der Waals surface area contributed by atoms with E-state index in [1.54, 1.807) is 11.3 Å². The lowest BCUT2D eigenvalue weighted by Crippen LogP contribution is -2.51. The molecule has 1 aliphatic heterocycles. The Morgan fingerprint density at radius 3 is 3.32 bits per heavy atom. The van der Waals surface area contributed by atoms with Crippen LogP contribution in [0.15, 0.2) is 17.8 Å². The van der Waals surface area contributed by atoms with Gasteiger partial charge in [0.15, 0.2) is 11.9 Å². The van der Waals surface area contributed by atoms with E-state index in [9.17, 15) is 4.79 Å². The van der Waals surface area contributed by atoms with Gasteiger partial charge in [-0.15, -0.1) is 11.3 Å². The van der Waals surface area contributed by atoms with Crippen LogP contribution in [0.3, 0.4) is 0 Å². The van der Waals surface area contributed by atoms with E-state index < -0.39 is 6.04 Å². The number of carbonyl (C=O) groups excluding carboxylic acids is 1. The molecule has 2 aromatic rings. The van der Waals surface area contributed by atoms with Gasteiger partial charge >= 0.3 is 5.97 Å². The van der Waals surface area contributed by atoms with Crippen LogP contribution in [0.4, 0.5) is 5.82 Å². The first-order valence-corrected chi connectivity index (χ1v) is 6.79. The maximum atomic E-state index is 11.8. The standard InChI is InChI=1S/C12H13N3O3S/c1-17-12(16)9-6-18-4-3-15(9)11-10-8(2-5-19-10)13-7-14-11/h2,5,7,9H,3-4,6H2,1H3. The largest absolute Gasteiger partial charge is 0.467 e. The average molecular weight is 279 g/mol. The fraction of sp³-hybridized carbons (Fsp3) is 0.417. The number of hydrogen-bond donors (Lipinski definition) is 0. The van der Waals surface area contributed by atoms with Gasteiger partial charge < -0.3 is 14.4 Å². The lowest BCUT2D eigenvalue weighted by atomic mass is 10.2. The van der Waals surface area contributed by atoms with E-state index in [4.69, 9.17) is 9.47 Å². The summed E-state index contributed by atoms with van der Waals surface area (Å²) in [5, 5.41) is 1.97. The Labute approximate surface area is 114 Å². The number of methoxy groups -OCH3 is 1. The Balaban J connectivity index is 2.02. The van der Waals surface area contributed by atoms with Crippen molar-refractivity contribution in [3.63, 3.8) is 0 Å². The molecule has 0 aliphatic carbocycles. The second-order valence-corrected chi connectivity index (χ2v) is 5.06. The molecule has 1 atom stereocenters. The minimum atomic E-state index is -0.445. The van der Waals surface area contributed by atoms with E-state index in [0.717, 1.165) is 16.0 Å². The fourth-order valence-corrected chi connectivity index (χ4v) is 3.02. The van der Waals surface area contributed by atoms with Crippen molar-refractivity contribution >= 4 is 33.3 Å². The Bertz CT molecular complexity index is 601. The number of nitrogens with zero attached hydrogens (tertiary/aromatic N) is 3. The van der Waals surface area contributed by atoms with Crippen LogP contribution >= 0.6 is 11.3 Å². The van der Waals surface area contributed by atoms with Gasteiger partial charge in [0.25, 0.3) is 0 Å². The Morgan fingerprint density at radius 2 is 2.47 bits per heavy atom. The molecule has 0 amide bonds. The maximum absolute atomic E-state index is 11.8. The molecule has 0 radical (unpaired) electrons. The molecule has 2 aromatic heterocycles. The number of fused-ring (bicyclic) bond motifs is 1. The molecule has 1 aliphatic rings. The summed E-state index contributed by atoms with van der Waals surface area (Å²) in [6, 6.07) is 1.50. The third-order valence-corrected chi connectivity index (χ3v) is 4.00. The Hall–Kier alpha value is -1.73. The van der Waals surface area contributed by atoms with E-state index >= 15 is 0 Å². The molecule has 3 rings (SSSR count). The van der Waals surface area contributed by atoms with Crippen molar-refractivity contribution in [3.8, 4) is 0 Å². The molecule has 1 fully saturated rings. The van der Waals surface area contributed by atoms with Crippen molar-refractivity contribution in [1.82, 2.24) is 9.97 Å². The van der Waals surface area contributed by atoms with Gasteiger partial charge in [0.05, 0.1) is 30.5 Å². The Morgan fingerprint density at radius 1 is 1.58 bits per heavy atom.